The summed E-state index contributed by atoms with van der Waals surface area (Å²) in [6.07, 6.45) is 6.77. The first-order valence-corrected chi connectivity index (χ1v) is 8.42. The van der Waals surface area contributed by atoms with Crippen LogP contribution in [0.2, 0.25) is 0 Å². The van der Waals surface area contributed by atoms with Gasteiger partial charge in [0, 0.05) is 31.7 Å². The van der Waals surface area contributed by atoms with E-state index in [9.17, 15) is 0 Å². The Balaban J connectivity index is 0.00000242. The Morgan fingerprint density at radius 2 is 2.00 bits per heavy atom. The maximum absolute atomic E-state index is 5.97. The van der Waals surface area contributed by atoms with Gasteiger partial charge in [0.15, 0.2) is 5.96 Å². The number of rotatable bonds is 7. The van der Waals surface area contributed by atoms with Crippen LogP contribution >= 0.6 is 24.0 Å². The zero-order valence-corrected chi connectivity index (χ0v) is 16.5. The van der Waals surface area contributed by atoms with Crippen molar-refractivity contribution in [3.63, 3.8) is 0 Å². The Bertz CT molecular complexity index is 346. The van der Waals surface area contributed by atoms with Crippen molar-refractivity contribution in [1.82, 2.24) is 10.6 Å². The Morgan fingerprint density at radius 3 is 2.59 bits per heavy atom. The largest absolute Gasteiger partial charge is 0.383 e. The molecular weight excluding hydrogens is 393 g/mol. The number of guanidine groups is 1. The van der Waals surface area contributed by atoms with E-state index >= 15 is 0 Å². The number of halogens is 1. The molecule has 0 amide bonds. The second kappa shape index (κ2) is 9.93. The summed E-state index contributed by atoms with van der Waals surface area (Å²) in [7, 11) is 1.71. The van der Waals surface area contributed by atoms with Crippen LogP contribution in [-0.2, 0) is 9.47 Å². The molecule has 130 valence electrons. The quantitative estimate of drug-likeness (QED) is 0.285. The van der Waals surface area contributed by atoms with E-state index in [0.29, 0.717) is 30.7 Å². The third-order valence-electron chi connectivity index (χ3n) is 4.91. The molecule has 1 spiro atoms. The van der Waals surface area contributed by atoms with Crippen LogP contribution in [0.15, 0.2) is 4.99 Å². The van der Waals surface area contributed by atoms with Gasteiger partial charge in [-0.15, -0.1) is 24.0 Å². The second-order valence-corrected chi connectivity index (χ2v) is 6.07. The normalized spacial score (nSPS) is 26.4. The molecule has 2 rings (SSSR count). The van der Waals surface area contributed by atoms with Gasteiger partial charge in [0.25, 0.3) is 0 Å². The predicted octanol–water partition coefficient (Wildman–Crippen LogP) is 2.54. The van der Waals surface area contributed by atoms with Gasteiger partial charge in [-0.1, -0.05) is 12.8 Å². The fraction of sp³-hybridized carbons (Fsp3) is 0.938. The Labute approximate surface area is 152 Å². The summed E-state index contributed by atoms with van der Waals surface area (Å²) < 4.78 is 11.0. The van der Waals surface area contributed by atoms with Crippen molar-refractivity contribution in [3.05, 3.63) is 0 Å². The lowest BCUT2D eigenvalue weighted by Crippen LogP contribution is -2.65. The van der Waals surface area contributed by atoms with Gasteiger partial charge in [0.1, 0.15) is 0 Å². The summed E-state index contributed by atoms with van der Waals surface area (Å²) in [6.45, 7) is 7.26. The minimum Gasteiger partial charge on any atom is -0.383 e. The Hall–Kier alpha value is -0.0800. The van der Waals surface area contributed by atoms with Gasteiger partial charge in [-0.2, -0.15) is 0 Å². The standard InChI is InChI=1S/C16H31N3O2.HI/c1-4-17-15(18-10-11-20-3)19-13-12-14(21-5-2)16(13)8-6-7-9-16;/h13-14H,4-12H2,1-3H3,(H2,17,18,19);1H. The average molecular weight is 425 g/mol. The minimum absolute atomic E-state index is 0. The molecular formula is C16H32IN3O2. The van der Waals surface area contributed by atoms with Crippen LogP contribution in [0.5, 0.6) is 0 Å². The van der Waals surface area contributed by atoms with E-state index < -0.39 is 0 Å². The van der Waals surface area contributed by atoms with Crippen LogP contribution in [-0.4, -0.2) is 51.5 Å². The van der Waals surface area contributed by atoms with E-state index in [4.69, 9.17) is 9.47 Å². The third-order valence-corrected chi connectivity index (χ3v) is 4.91. The lowest BCUT2D eigenvalue weighted by Gasteiger charge is -2.54. The molecule has 2 atom stereocenters. The highest BCUT2D eigenvalue weighted by molar-refractivity contribution is 14.0. The van der Waals surface area contributed by atoms with E-state index in [0.717, 1.165) is 25.5 Å². The molecule has 0 aromatic carbocycles. The molecule has 0 aromatic rings. The van der Waals surface area contributed by atoms with Gasteiger partial charge in [0.05, 0.1) is 19.3 Å². The van der Waals surface area contributed by atoms with Gasteiger partial charge in [-0.05, 0) is 33.1 Å². The zero-order valence-electron chi connectivity index (χ0n) is 14.2. The predicted molar refractivity (Wildman–Crippen MR) is 101 cm³/mol. The summed E-state index contributed by atoms with van der Waals surface area (Å²) in [6, 6.07) is 0.497. The molecule has 0 radical (unpaired) electrons. The van der Waals surface area contributed by atoms with Gasteiger partial charge >= 0.3 is 0 Å². The monoisotopic (exact) mass is 425 g/mol. The number of hydrogen-bond donors (Lipinski definition) is 2. The summed E-state index contributed by atoms with van der Waals surface area (Å²) >= 11 is 0. The number of hydrogen-bond acceptors (Lipinski definition) is 3. The molecule has 6 heteroatoms. The van der Waals surface area contributed by atoms with Crippen molar-refractivity contribution < 1.29 is 9.47 Å². The number of methoxy groups -OCH3 is 1. The molecule has 2 N–H and O–H groups in total. The van der Waals surface area contributed by atoms with Crippen LogP contribution in [0.25, 0.3) is 0 Å². The Morgan fingerprint density at radius 1 is 1.27 bits per heavy atom. The van der Waals surface area contributed by atoms with Crippen molar-refractivity contribution in [2.75, 3.05) is 33.4 Å². The van der Waals surface area contributed by atoms with Crippen molar-refractivity contribution in [1.29, 1.82) is 0 Å². The second-order valence-electron chi connectivity index (χ2n) is 6.07. The summed E-state index contributed by atoms with van der Waals surface area (Å²) in [5.74, 6) is 0.917. The molecule has 0 heterocycles. The van der Waals surface area contributed by atoms with Gasteiger partial charge in [-0.25, -0.2) is 0 Å². The van der Waals surface area contributed by atoms with Gasteiger partial charge in [0.2, 0.25) is 0 Å². The van der Waals surface area contributed by atoms with Crippen molar-refractivity contribution in [2.45, 2.75) is 58.1 Å². The fourth-order valence-electron chi connectivity index (χ4n) is 3.82. The molecule has 5 nitrogen and oxygen atoms in total. The number of aliphatic imine (C=N–C) groups is 1. The number of nitrogens with one attached hydrogen (secondary N) is 2. The van der Waals surface area contributed by atoms with Crippen LogP contribution in [0, 0.1) is 5.41 Å². The fourth-order valence-corrected chi connectivity index (χ4v) is 3.82. The minimum atomic E-state index is 0. The SMILES string of the molecule is CCNC(=NCCOC)NC1CC(OCC)C12CCCC2.I. The maximum atomic E-state index is 5.97. The lowest BCUT2D eigenvalue weighted by atomic mass is 9.60. The highest BCUT2D eigenvalue weighted by Crippen LogP contribution is 2.54. The molecule has 2 saturated carbocycles. The van der Waals surface area contributed by atoms with Gasteiger partial charge < -0.3 is 20.1 Å². The van der Waals surface area contributed by atoms with Crippen LogP contribution in [0.4, 0.5) is 0 Å². The van der Waals surface area contributed by atoms with Crippen molar-refractivity contribution in [3.8, 4) is 0 Å². The molecule has 2 fully saturated rings. The molecule has 2 aliphatic carbocycles. The number of nitrogens with zero attached hydrogens (tertiary/aromatic N) is 1. The van der Waals surface area contributed by atoms with E-state index in [2.05, 4.69) is 29.5 Å². The first kappa shape index (κ1) is 20.0. The van der Waals surface area contributed by atoms with Crippen molar-refractivity contribution >= 4 is 29.9 Å². The molecule has 2 aliphatic rings. The highest BCUT2D eigenvalue weighted by atomic mass is 127. The average Bonchev–Trinajstić information content (AvgIpc) is 2.99. The smallest absolute Gasteiger partial charge is 0.191 e. The van der Waals surface area contributed by atoms with Crippen molar-refractivity contribution in [2.24, 2.45) is 10.4 Å². The van der Waals surface area contributed by atoms with Crippen LogP contribution < -0.4 is 10.6 Å². The third kappa shape index (κ3) is 4.47. The van der Waals surface area contributed by atoms with Gasteiger partial charge in [-0.3, -0.25) is 4.99 Å². The molecule has 22 heavy (non-hydrogen) atoms. The maximum Gasteiger partial charge on any atom is 0.191 e. The van der Waals surface area contributed by atoms with E-state index in [1.165, 1.54) is 25.7 Å². The molecule has 0 aromatic heterocycles. The van der Waals surface area contributed by atoms with Crippen LogP contribution in [0.1, 0.15) is 46.0 Å². The summed E-state index contributed by atoms with van der Waals surface area (Å²) in [5, 5.41) is 6.97. The number of ether oxygens (including phenoxy) is 2. The summed E-state index contributed by atoms with van der Waals surface area (Å²) in [4.78, 5) is 4.58. The topological polar surface area (TPSA) is 54.9 Å². The zero-order chi connectivity index (χ0) is 15.1. The Kier molecular flexibility index (Phi) is 9.01. The molecule has 0 saturated heterocycles. The van der Waals surface area contributed by atoms with E-state index in [-0.39, 0.29) is 24.0 Å². The molecule has 0 aliphatic heterocycles. The first-order chi connectivity index (χ1) is 10.3. The highest BCUT2D eigenvalue weighted by Gasteiger charge is 2.56. The lowest BCUT2D eigenvalue weighted by molar-refractivity contribution is -0.125. The molecule has 0 bridgehead atoms. The first-order valence-electron chi connectivity index (χ1n) is 8.42. The van der Waals surface area contributed by atoms with E-state index in [1.54, 1.807) is 7.11 Å². The molecule has 2 unspecified atom stereocenters. The van der Waals surface area contributed by atoms with Crippen LogP contribution in [0.3, 0.4) is 0 Å². The van der Waals surface area contributed by atoms with E-state index in [1.807, 2.05) is 0 Å². The summed E-state index contributed by atoms with van der Waals surface area (Å²) in [5.41, 5.74) is 0.341.